The molecule has 1 aliphatic carbocycles. The number of rotatable bonds is 4. The number of piperidine rings is 2. The number of hydrogen-bond donors (Lipinski definition) is 3. The third kappa shape index (κ3) is 1.92. The molecule has 9 nitrogen and oxygen atoms in total. The number of aliphatic carboxylic acids is 1. The molecule has 1 aromatic carbocycles. The summed E-state index contributed by atoms with van der Waals surface area (Å²) in [5.74, 6) is -3.79. The number of carboxylic acids is 1. The molecule has 3 fully saturated rings. The highest BCUT2D eigenvalue weighted by Gasteiger charge is 2.65. The van der Waals surface area contributed by atoms with Gasteiger partial charge in [-0.1, -0.05) is 6.07 Å². The molecular formula is C16H13N3O6. The largest absolute Gasteiger partial charge is 0.480 e. The van der Waals surface area contributed by atoms with Crippen molar-refractivity contribution in [2.24, 2.45) is 5.92 Å². The Kier molecular flexibility index (Phi) is 2.99. The molecule has 3 aliphatic heterocycles. The zero-order chi connectivity index (χ0) is 17.9. The zero-order valence-electron chi connectivity index (χ0n) is 12.9. The molecule has 0 atom stereocenters. The first-order valence-electron chi connectivity index (χ1n) is 7.68. The van der Waals surface area contributed by atoms with E-state index in [1.54, 1.807) is 0 Å². The average molecular weight is 343 g/mol. The van der Waals surface area contributed by atoms with Crippen LogP contribution in [0, 0.1) is 5.92 Å². The van der Waals surface area contributed by atoms with Crippen molar-refractivity contribution < 1.29 is 29.1 Å². The molecule has 2 saturated heterocycles. The van der Waals surface area contributed by atoms with E-state index in [0.29, 0.717) is 0 Å². The minimum absolute atomic E-state index is 0.0521. The molecule has 9 heteroatoms. The van der Waals surface area contributed by atoms with Crippen molar-refractivity contribution in [3.8, 4) is 0 Å². The molecule has 3 heterocycles. The Morgan fingerprint density at radius 2 is 1.96 bits per heavy atom. The molecule has 4 amide bonds. The zero-order valence-corrected chi connectivity index (χ0v) is 12.9. The fraction of sp³-hybridized carbons (Fsp3) is 0.312. The van der Waals surface area contributed by atoms with Gasteiger partial charge in [-0.25, -0.2) is 0 Å². The van der Waals surface area contributed by atoms with E-state index in [4.69, 9.17) is 5.11 Å². The molecule has 3 N–H and O–H groups in total. The molecule has 25 heavy (non-hydrogen) atoms. The molecule has 1 aromatic rings. The van der Waals surface area contributed by atoms with Crippen LogP contribution in [-0.2, 0) is 14.4 Å². The molecule has 0 aromatic heterocycles. The fourth-order valence-electron chi connectivity index (χ4n) is 3.73. The van der Waals surface area contributed by atoms with Crippen molar-refractivity contribution in [2.75, 3.05) is 11.9 Å². The van der Waals surface area contributed by atoms with Gasteiger partial charge in [0.25, 0.3) is 17.7 Å². The van der Waals surface area contributed by atoms with Crippen LogP contribution in [0.1, 0.15) is 33.6 Å². The average Bonchev–Trinajstić information content (AvgIpc) is 2.77. The summed E-state index contributed by atoms with van der Waals surface area (Å²) in [5.41, 5.74) is -0.949. The number of anilines is 1. The van der Waals surface area contributed by atoms with Gasteiger partial charge >= 0.3 is 5.97 Å². The maximum Gasteiger partial charge on any atom is 0.322 e. The second kappa shape index (κ2) is 4.88. The van der Waals surface area contributed by atoms with Crippen LogP contribution in [0.2, 0.25) is 0 Å². The fourth-order valence-corrected chi connectivity index (χ4v) is 3.73. The maximum atomic E-state index is 12.9. The Labute approximate surface area is 141 Å². The van der Waals surface area contributed by atoms with E-state index in [9.17, 15) is 24.0 Å². The number of carbonyl (C=O) groups is 5. The first-order valence-corrected chi connectivity index (χ1v) is 7.68. The lowest BCUT2D eigenvalue weighted by Crippen LogP contribution is -2.74. The predicted octanol–water partition coefficient (Wildman–Crippen LogP) is -0.416. The molecule has 0 unspecified atom stereocenters. The normalized spacial score (nSPS) is 26.9. The summed E-state index contributed by atoms with van der Waals surface area (Å²) in [5, 5.41) is 13.6. The molecular weight excluding hydrogens is 330 g/mol. The molecule has 128 valence electrons. The molecule has 0 radical (unpaired) electrons. The summed E-state index contributed by atoms with van der Waals surface area (Å²) in [6.07, 6.45) is 0.252. The van der Waals surface area contributed by atoms with Gasteiger partial charge in [-0.05, 0) is 25.0 Å². The van der Waals surface area contributed by atoms with Crippen LogP contribution >= 0.6 is 0 Å². The van der Waals surface area contributed by atoms with E-state index in [-0.39, 0.29) is 41.5 Å². The number of amides is 4. The SMILES string of the molecule is O=C(O)CNc1cccc2c1C(=O)N(C13CC(C1)C(=O)NC3=O)C2=O. The highest BCUT2D eigenvalue weighted by Crippen LogP contribution is 2.49. The Bertz CT molecular complexity index is 871. The first-order chi connectivity index (χ1) is 11.8. The lowest BCUT2D eigenvalue weighted by molar-refractivity contribution is -0.158. The number of nitrogens with one attached hydrogen (secondary N) is 2. The number of hydrogen-bond acceptors (Lipinski definition) is 6. The van der Waals surface area contributed by atoms with Crippen LogP contribution < -0.4 is 10.6 Å². The highest BCUT2D eigenvalue weighted by molar-refractivity contribution is 6.27. The van der Waals surface area contributed by atoms with Crippen LogP contribution in [-0.4, -0.2) is 51.7 Å². The third-order valence-electron chi connectivity index (χ3n) is 4.97. The second-order valence-electron chi connectivity index (χ2n) is 6.38. The van der Waals surface area contributed by atoms with E-state index < -0.39 is 35.8 Å². The van der Waals surface area contributed by atoms with Gasteiger partial charge in [0.2, 0.25) is 5.91 Å². The number of fused-ring (bicyclic) bond motifs is 3. The quantitative estimate of drug-likeness (QED) is 0.633. The van der Waals surface area contributed by atoms with Crippen molar-refractivity contribution in [2.45, 2.75) is 18.4 Å². The second-order valence-corrected chi connectivity index (χ2v) is 6.38. The van der Waals surface area contributed by atoms with E-state index >= 15 is 0 Å². The third-order valence-corrected chi connectivity index (χ3v) is 4.97. The highest BCUT2D eigenvalue weighted by atomic mass is 16.4. The summed E-state index contributed by atoms with van der Waals surface area (Å²) in [7, 11) is 0. The minimum atomic E-state index is -1.34. The Hall–Kier alpha value is -3.23. The number of carbonyl (C=O) groups excluding carboxylic acids is 4. The minimum Gasteiger partial charge on any atom is -0.480 e. The Balaban J connectivity index is 1.72. The van der Waals surface area contributed by atoms with Crippen LogP contribution in [0.3, 0.4) is 0 Å². The summed E-state index contributed by atoms with van der Waals surface area (Å²) in [6, 6.07) is 4.49. The van der Waals surface area contributed by atoms with Gasteiger partial charge in [-0.2, -0.15) is 0 Å². The smallest absolute Gasteiger partial charge is 0.322 e. The maximum absolute atomic E-state index is 12.9. The summed E-state index contributed by atoms with van der Waals surface area (Å²) in [4.78, 5) is 61.2. The van der Waals surface area contributed by atoms with E-state index in [1.807, 2.05) is 0 Å². The summed E-state index contributed by atoms with van der Waals surface area (Å²) >= 11 is 0. The van der Waals surface area contributed by atoms with Crippen molar-refractivity contribution >= 4 is 35.3 Å². The molecule has 4 aliphatic rings. The lowest BCUT2D eigenvalue weighted by atomic mass is 9.63. The van der Waals surface area contributed by atoms with Crippen LogP contribution in [0.25, 0.3) is 0 Å². The summed E-state index contributed by atoms with van der Waals surface area (Å²) in [6.45, 7) is -0.417. The van der Waals surface area contributed by atoms with Crippen LogP contribution in [0.4, 0.5) is 5.69 Å². The molecule has 5 rings (SSSR count). The van der Waals surface area contributed by atoms with Gasteiger partial charge in [0.1, 0.15) is 12.1 Å². The van der Waals surface area contributed by atoms with Crippen LogP contribution in [0.15, 0.2) is 18.2 Å². The molecule has 1 saturated carbocycles. The summed E-state index contributed by atoms with van der Waals surface area (Å²) < 4.78 is 0. The number of nitrogens with zero attached hydrogens (tertiary/aromatic N) is 1. The van der Waals surface area contributed by atoms with Crippen molar-refractivity contribution in [3.05, 3.63) is 29.3 Å². The molecule has 0 spiro atoms. The molecule has 2 bridgehead atoms. The van der Waals surface area contributed by atoms with Crippen molar-refractivity contribution in [1.82, 2.24) is 10.2 Å². The number of carboxylic acid groups (broad SMARTS) is 1. The first kappa shape index (κ1) is 15.3. The predicted molar refractivity (Wildman–Crippen MR) is 81.7 cm³/mol. The van der Waals surface area contributed by atoms with E-state index in [1.165, 1.54) is 18.2 Å². The van der Waals surface area contributed by atoms with E-state index in [0.717, 1.165) is 4.90 Å². The van der Waals surface area contributed by atoms with Crippen molar-refractivity contribution in [1.29, 1.82) is 0 Å². The van der Waals surface area contributed by atoms with Gasteiger partial charge in [-0.15, -0.1) is 0 Å². The van der Waals surface area contributed by atoms with E-state index in [2.05, 4.69) is 10.6 Å². The monoisotopic (exact) mass is 343 g/mol. The van der Waals surface area contributed by atoms with Gasteiger partial charge in [-0.3, -0.25) is 34.2 Å². The Morgan fingerprint density at radius 3 is 2.60 bits per heavy atom. The van der Waals surface area contributed by atoms with Gasteiger partial charge in [0.05, 0.1) is 11.1 Å². The van der Waals surface area contributed by atoms with Gasteiger partial charge in [0, 0.05) is 11.6 Å². The Morgan fingerprint density at radius 1 is 1.24 bits per heavy atom. The topological polar surface area (TPSA) is 133 Å². The lowest BCUT2D eigenvalue weighted by Gasteiger charge is -2.52. The van der Waals surface area contributed by atoms with Gasteiger partial charge in [0.15, 0.2) is 0 Å². The van der Waals surface area contributed by atoms with Gasteiger partial charge < -0.3 is 10.4 Å². The standard InChI is InChI=1S/C16H13N3O6/c20-10(21)6-17-9-3-1-2-8-11(9)14(24)19(13(8)23)16-4-7(5-16)12(22)18-15(16)25/h1-3,7,17H,4-6H2,(H,20,21)(H,18,22,25). The van der Waals surface area contributed by atoms with Crippen molar-refractivity contribution in [3.63, 3.8) is 0 Å². The van der Waals surface area contributed by atoms with Crippen LogP contribution in [0.5, 0.6) is 0 Å². The number of benzene rings is 1. The number of imide groups is 2.